The molecule has 0 fully saturated rings. The van der Waals surface area contributed by atoms with Gasteiger partial charge in [-0.3, -0.25) is 0 Å². The number of hydrogen-bond donors (Lipinski definition) is 0. The van der Waals surface area contributed by atoms with E-state index in [1.54, 1.807) is 0 Å². The molecule has 0 aliphatic rings. The number of nitrogens with zero attached hydrogens (tertiary/aromatic N) is 3. The quantitative estimate of drug-likeness (QED) is 0.112. The molecule has 0 N–H and O–H groups in total. The van der Waals surface area contributed by atoms with Gasteiger partial charge >= 0.3 is 0 Å². The molecule has 10 aromatic carbocycles. The van der Waals surface area contributed by atoms with Gasteiger partial charge in [-0.1, -0.05) is 200 Å². The monoisotopic (exact) mass is 831 g/mol. The Labute approximate surface area is 372 Å². The standard InChI is InChI=1S/C60H41N3Si/c1-4-22-43(23-5-1)64(44-24-6-2-7-25-44,45-26-8-3-9-27-45)46-28-18-21-42(41-46)61-53-35-14-12-31-49(53)51-33-20-40-58(59(51)61)63-56-38-17-13-32-50(56)52-34-19-39-57(60(52)63)62-54-36-15-10-29-47(54)48-30-11-16-37-55(48)62/h1-41H. The number of rotatable bonds is 7. The van der Waals surface area contributed by atoms with Gasteiger partial charge < -0.3 is 13.7 Å². The van der Waals surface area contributed by atoms with Gasteiger partial charge in [-0.05, 0) is 69.3 Å². The number of aromatic nitrogens is 3. The molecule has 0 bridgehead atoms. The molecular weight excluding hydrogens is 791 g/mol. The Balaban J connectivity index is 1.15. The van der Waals surface area contributed by atoms with E-state index in [1.807, 2.05) is 0 Å². The average molecular weight is 832 g/mol. The summed E-state index contributed by atoms with van der Waals surface area (Å²) >= 11 is 0. The summed E-state index contributed by atoms with van der Waals surface area (Å²) < 4.78 is 7.55. The van der Waals surface area contributed by atoms with Crippen molar-refractivity contribution in [2.24, 2.45) is 0 Å². The molecule has 0 amide bonds. The van der Waals surface area contributed by atoms with Crippen LogP contribution in [-0.4, -0.2) is 21.8 Å². The minimum Gasteiger partial charge on any atom is -0.307 e. The summed E-state index contributed by atoms with van der Waals surface area (Å²) in [5.41, 5.74) is 10.5. The van der Waals surface area contributed by atoms with E-state index in [0.29, 0.717) is 0 Å². The van der Waals surface area contributed by atoms with Gasteiger partial charge in [0.1, 0.15) is 0 Å². The largest absolute Gasteiger partial charge is 0.307 e. The summed E-state index contributed by atoms with van der Waals surface area (Å²) in [5.74, 6) is 0. The molecule has 0 spiro atoms. The van der Waals surface area contributed by atoms with Gasteiger partial charge in [0.05, 0.1) is 44.5 Å². The molecule has 300 valence electrons. The van der Waals surface area contributed by atoms with Crippen LogP contribution in [0.3, 0.4) is 0 Å². The number of hydrogen-bond acceptors (Lipinski definition) is 0. The first-order valence-corrected chi connectivity index (χ1v) is 24.1. The van der Waals surface area contributed by atoms with Gasteiger partial charge in [-0.2, -0.15) is 0 Å². The van der Waals surface area contributed by atoms with Gasteiger partial charge in [0.15, 0.2) is 8.07 Å². The summed E-state index contributed by atoms with van der Waals surface area (Å²) in [4.78, 5) is 0. The molecule has 3 nitrogen and oxygen atoms in total. The highest BCUT2D eigenvalue weighted by molar-refractivity contribution is 7.19. The summed E-state index contributed by atoms with van der Waals surface area (Å²) in [6.07, 6.45) is 0. The second-order valence-electron chi connectivity index (χ2n) is 16.8. The third kappa shape index (κ3) is 5.21. The van der Waals surface area contributed by atoms with E-state index in [2.05, 4.69) is 262 Å². The maximum Gasteiger partial charge on any atom is 0.179 e. The Morgan fingerprint density at radius 2 is 0.562 bits per heavy atom. The van der Waals surface area contributed by atoms with Crippen LogP contribution in [0.25, 0.3) is 82.5 Å². The lowest BCUT2D eigenvalue weighted by molar-refractivity contribution is 1.11. The Morgan fingerprint density at radius 3 is 1.05 bits per heavy atom. The molecule has 0 unspecified atom stereocenters. The van der Waals surface area contributed by atoms with Crippen LogP contribution in [0.5, 0.6) is 0 Å². The molecule has 0 saturated carbocycles. The van der Waals surface area contributed by atoms with Crippen molar-refractivity contribution in [1.29, 1.82) is 0 Å². The van der Waals surface area contributed by atoms with Crippen molar-refractivity contribution < 1.29 is 0 Å². The second kappa shape index (κ2) is 14.5. The maximum atomic E-state index is 2.54. The Morgan fingerprint density at radius 1 is 0.234 bits per heavy atom. The summed E-state index contributed by atoms with van der Waals surface area (Å²) in [6, 6.07) is 92.3. The van der Waals surface area contributed by atoms with Gasteiger partial charge in [0.2, 0.25) is 0 Å². The van der Waals surface area contributed by atoms with Crippen LogP contribution in [0, 0.1) is 0 Å². The highest BCUT2D eigenvalue weighted by Gasteiger charge is 2.41. The summed E-state index contributed by atoms with van der Waals surface area (Å²) in [6.45, 7) is 0. The lowest BCUT2D eigenvalue weighted by atomic mass is 10.1. The first-order valence-electron chi connectivity index (χ1n) is 22.1. The fourth-order valence-corrected chi connectivity index (χ4v) is 15.8. The van der Waals surface area contributed by atoms with Gasteiger partial charge in [0, 0.05) is 38.0 Å². The molecular formula is C60H41N3Si. The molecule has 4 heteroatoms. The maximum absolute atomic E-state index is 2.82. The zero-order valence-corrected chi connectivity index (χ0v) is 36.0. The van der Waals surface area contributed by atoms with Crippen molar-refractivity contribution in [1.82, 2.24) is 13.7 Å². The molecule has 0 aliphatic carbocycles. The predicted octanol–water partition coefficient (Wildman–Crippen LogP) is 12.4. The normalized spacial score (nSPS) is 12.1. The van der Waals surface area contributed by atoms with E-state index in [0.717, 1.165) is 17.1 Å². The van der Waals surface area contributed by atoms with Crippen molar-refractivity contribution in [3.05, 3.63) is 249 Å². The first-order chi connectivity index (χ1) is 31.8. The fourth-order valence-electron chi connectivity index (χ4n) is 11.0. The molecule has 0 aliphatic heterocycles. The zero-order chi connectivity index (χ0) is 42.2. The van der Waals surface area contributed by atoms with Crippen molar-refractivity contribution in [3.8, 4) is 17.1 Å². The highest BCUT2D eigenvalue weighted by Crippen LogP contribution is 2.42. The Bertz CT molecular complexity index is 3750. The van der Waals surface area contributed by atoms with Crippen LogP contribution in [-0.2, 0) is 0 Å². The van der Waals surface area contributed by atoms with Crippen LogP contribution >= 0.6 is 0 Å². The molecule has 64 heavy (non-hydrogen) atoms. The van der Waals surface area contributed by atoms with E-state index in [9.17, 15) is 0 Å². The van der Waals surface area contributed by atoms with E-state index < -0.39 is 8.07 Å². The minimum absolute atomic E-state index is 1.14. The van der Waals surface area contributed by atoms with E-state index in [1.165, 1.54) is 86.2 Å². The fraction of sp³-hybridized carbons (Fsp3) is 0. The third-order valence-corrected chi connectivity index (χ3v) is 18.3. The van der Waals surface area contributed by atoms with E-state index in [4.69, 9.17) is 0 Å². The average Bonchev–Trinajstić information content (AvgIpc) is 4.02. The summed E-state index contributed by atoms with van der Waals surface area (Å²) in [5, 5.41) is 12.8. The molecule has 13 aromatic rings. The molecule has 3 aromatic heterocycles. The molecule has 0 radical (unpaired) electrons. The van der Waals surface area contributed by atoms with Crippen LogP contribution in [0.4, 0.5) is 0 Å². The second-order valence-corrected chi connectivity index (χ2v) is 20.6. The lowest BCUT2D eigenvalue weighted by Crippen LogP contribution is -2.74. The van der Waals surface area contributed by atoms with Gasteiger partial charge in [0.25, 0.3) is 0 Å². The Kier molecular flexibility index (Phi) is 8.23. The molecule has 13 rings (SSSR count). The van der Waals surface area contributed by atoms with Crippen LogP contribution in [0.15, 0.2) is 249 Å². The van der Waals surface area contributed by atoms with Crippen LogP contribution in [0.2, 0.25) is 0 Å². The number of fused-ring (bicyclic) bond motifs is 9. The van der Waals surface area contributed by atoms with Crippen molar-refractivity contribution in [3.63, 3.8) is 0 Å². The minimum atomic E-state index is -2.82. The first kappa shape index (κ1) is 36.5. The highest BCUT2D eigenvalue weighted by atomic mass is 28.3. The molecule has 3 heterocycles. The number of para-hydroxylation sites is 6. The molecule has 0 saturated heterocycles. The Hall–Kier alpha value is -8.18. The van der Waals surface area contributed by atoms with E-state index in [-0.39, 0.29) is 0 Å². The van der Waals surface area contributed by atoms with Gasteiger partial charge in [-0.25, -0.2) is 0 Å². The SMILES string of the molecule is c1ccc([Si](c2ccccc2)(c2ccccc2)c2cccc(-n3c4ccccc4c4cccc(-n5c6ccccc6c6cccc(-n7c8ccccc8c8ccccc87)c65)c43)c2)cc1. The van der Waals surface area contributed by atoms with E-state index >= 15 is 0 Å². The number of benzene rings is 10. The van der Waals surface area contributed by atoms with Crippen LogP contribution in [0.1, 0.15) is 0 Å². The predicted molar refractivity (Wildman–Crippen MR) is 273 cm³/mol. The topological polar surface area (TPSA) is 14.8 Å². The lowest BCUT2D eigenvalue weighted by Gasteiger charge is -2.34. The smallest absolute Gasteiger partial charge is 0.179 e. The zero-order valence-electron chi connectivity index (χ0n) is 35.0. The molecule has 0 atom stereocenters. The van der Waals surface area contributed by atoms with Crippen molar-refractivity contribution in [2.75, 3.05) is 0 Å². The summed E-state index contributed by atoms with van der Waals surface area (Å²) in [7, 11) is -2.82. The van der Waals surface area contributed by atoms with Crippen molar-refractivity contribution >= 4 is 94.2 Å². The van der Waals surface area contributed by atoms with Crippen LogP contribution < -0.4 is 20.7 Å². The third-order valence-electron chi connectivity index (χ3n) is 13.6. The van der Waals surface area contributed by atoms with Crippen molar-refractivity contribution in [2.45, 2.75) is 0 Å². The van der Waals surface area contributed by atoms with Gasteiger partial charge in [-0.15, -0.1) is 0 Å².